The van der Waals surface area contributed by atoms with Crippen LogP contribution in [0.15, 0.2) is 22.5 Å². The van der Waals surface area contributed by atoms with Gasteiger partial charge in [0, 0.05) is 11.6 Å². The van der Waals surface area contributed by atoms with Gasteiger partial charge in [-0.15, -0.1) is 10.2 Å². The van der Waals surface area contributed by atoms with Crippen molar-refractivity contribution in [2.45, 2.75) is 37.1 Å². The summed E-state index contributed by atoms with van der Waals surface area (Å²) in [5.41, 5.74) is 2.95. The van der Waals surface area contributed by atoms with Gasteiger partial charge in [0.1, 0.15) is 0 Å². The van der Waals surface area contributed by atoms with Crippen LogP contribution in [0.4, 0.5) is 5.13 Å². The Bertz CT molecular complexity index is 665. The standard InChI is InChI=1S/C15H17N3OS2/c1-9-3-4-10(2)12(7-9)13(19)8-20-15-18-17-14(21-15)16-11-5-6-11/h3-4,7,11H,5-6,8H2,1-2H3,(H,16,17). The van der Waals surface area contributed by atoms with E-state index in [1.165, 1.54) is 35.9 Å². The molecule has 0 radical (unpaired) electrons. The van der Waals surface area contributed by atoms with Gasteiger partial charge >= 0.3 is 0 Å². The minimum Gasteiger partial charge on any atom is -0.357 e. The van der Waals surface area contributed by atoms with Crippen LogP contribution in [0.25, 0.3) is 0 Å². The number of hydrogen-bond donors (Lipinski definition) is 1. The highest BCUT2D eigenvalue weighted by molar-refractivity contribution is 8.01. The third-order valence-corrected chi connectivity index (χ3v) is 5.32. The maximum absolute atomic E-state index is 12.3. The normalized spacial score (nSPS) is 14.2. The van der Waals surface area contributed by atoms with E-state index in [4.69, 9.17) is 0 Å². The number of nitrogens with zero attached hydrogens (tertiary/aromatic N) is 2. The van der Waals surface area contributed by atoms with Crippen molar-refractivity contribution in [3.8, 4) is 0 Å². The number of ketones is 1. The fourth-order valence-electron chi connectivity index (χ4n) is 1.97. The van der Waals surface area contributed by atoms with Crippen molar-refractivity contribution in [3.05, 3.63) is 34.9 Å². The zero-order valence-electron chi connectivity index (χ0n) is 12.0. The second-order valence-electron chi connectivity index (χ2n) is 5.32. The number of thioether (sulfide) groups is 1. The average Bonchev–Trinajstić information content (AvgIpc) is 3.16. The molecule has 0 bridgehead atoms. The first-order chi connectivity index (χ1) is 10.1. The third-order valence-electron chi connectivity index (χ3n) is 3.33. The van der Waals surface area contributed by atoms with E-state index in [1.807, 2.05) is 32.0 Å². The summed E-state index contributed by atoms with van der Waals surface area (Å²) < 4.78 is 0.844. The molecule has 1 aliphatic carbocycles. The Kier molecular flexibility index (Phi) is 4.26. The maximum Gasteiger partial charge on any atom is 0.206 e. The molecule has 1 fully saturated rings. The summed E-state index contributed by atoms with van der Waals surface area (Å²) in [6.07, 6.45) is 2.43. The Balaban J connectivity index is 1.59. The molecule has 1 saturated carbocycles. The van der Waals surface area contributed by atoms with E-state index in [1.54, 1.807) is 0 Å². The van der Waals surface area contributed by atoms with Crippen LogP contribution in [0, 0.1) is 13.8 Å². The number of aromatic nitrogens is 2. The Morgan fingerprint density at radius 3 is 2.95 bits per heavy atom. The van der Waals surface area contributed by atoms with E-state index in [9.17, 15) is 4.79 Å². The van der Waals surface area contributed by atoms with Crippen molar-refractivity contribution in [2.75, 3.05) is 11.1 Å². The van der Waals surface area contributed by atoms with Crippen molar-refractivity contribution in [2.24, 2.45) is 0 Å². The van der Waals surface area contributed by atoms with Crippen LogP contribution in [0.1, 0.15) is 34.3 Å². The zero-order chi connectivity index (χ0) is 14.8. The van der Waals surface area contributed by atoms with Gasteiger partial charge in [0.2, 0.25) is 5.13 Å². The third kappa shape index (κ3) is 3.83. The summed E-state index contributed by atoms with van der Waals surface area (Å²) in [5.74, 6) is 0.552. The monoisotopic (exact) mass is 319 g/mol. The number of anilines is 1. The first-order valence-corrected chi connectivity index (χ1v) is 8.75. The Morgan fingerprint density at radius 1 is 1.38 bits per heavy atom. The van der Waals surface area contributed by atoms with Gasteiger partial charge in [0.15, 0.2) is 10.1 Å². The largest absolute Gasteiger partial charge is 0.357 e. The Hall–Kier alpha value is -1.40. The van der Waals surface area contributed by atoms with E-state index < -0.39 is 0 Å². The van der Waals surface area contributed by atoms with E-state index >= 15 is 0 Å². The summed E-state index contributed by atoms with van der Waals surface area (Å²) in [4.78, 5) is 12.3. The van der Waals surface area contributed by atoms with Gasteiger partial charge in [-0.3, -0.25) is 4.79 Å². The number of rotatable bonds is 6. The molecular weight excluding hydrogens is 302 g/mol. The fraction of sp³-hybridized carbons (Fsp3) is 0.400. The summed E-state index contributed by atoms with van der Waals surface area (Å²) in [5, 5.41) is 12.4. The molecule has 1 N–H and O–H groups in total. The first-order valence-electron chi connectivity index (χ1n) is 6.95. The summed E-state index contributed by atoms with van der Waals surface area (Å²) >= 11 is 2.98. The number of benzene rings is 1. The second-order valence-corrected chi connectivity index (χ2v) is 7.52. The van der Waals surface area contributed by atoms with Crippen LogP contribution < -0.4 is 5.32 Å². The smallest absolute Gasteiger partial charge is 0.206 e. The van der Waals surface area contributed by atoms with Crippen LogP contribution >= 0.6 is 23.1 Å². The maximum atomic E-state index is 12.3. The van der Waals surface area contributed by atoms with Gasteiger partial charge < -0.3 is 5.32 Å². The van der Waals surface area contributed by atoms with Gasteiger partial charge in [0.05, 0.1) is 5.75 Å². The quantitative estimate of drug-likeness (QED) is 0.650. The topological polar surface area (TPSA) is 54.9 Å². The fourth-order valence-corrected chi connectivity index (χ4v) is 3.68. The van der Waals surface area contributed by atoms with Gasteiger partial charge in [-0.1, -0.05) is 40.8 Å². The van der Waals surface area contributed by atoms with E-state index in [0.717, 1.165) is 26.2 Å². The molecule has 1 aliphatic rings. The lowest BCUT2D eigenvalue weighted by Gasteiger charge is -2.05. The molecule has 6 heteroatoms. The van der Waals surface area contributed by atoms with Crippen molar-refractivity contribution < 1.29 is 4.79 Å². The molecule has 0 saturated heterocycles. The minimum atomic E-state index is 0.146. The molecule has 0 atom stereocenters. The molecule has 0 unspecified atom stereocenters. The number of Topliss-reactive ketones (excluding diaryl/α,β-unsaturated/α-hetero) is 1. The molecule has 0 spiro atoms. The Labute approximate surface area is 132 Å². The van der Waals surface area contributed by atoms with Crippen molar-refractivity contribution in [3.63, 3.8) is 0 Å². The zero-order valence-corrected chi connectivity index (χ0v) is 13.7. The average molecular weight is 319 g/mol. The highest BCUT2D eigenvalue weighted by Gasteiger charge is 2.22. The highest BCUT2D eigenvalue weighted by Crippen LogP contribution is 2.30. The van der Waals surface area contributed by atoms with Crippen molar-refractivity contribution >= 4 is 34.0 Å². The molecule has 1 aromatic heterocycles. The van der Waals surface area contributed by atoms with E-state index in [0.29, 0.717) is 11.8 Å². The summed E-state index contributed by atoms with van der Waals surface area (Å²) in [7, 11) is 0. The second kappa shape index (κ2) is 6.15. The SMILES string of the molecule is Cc1ccc(C)c(C(=O)CSc2nnc(NC3CC3)s2)c1. The molecule has 110 valence electrons. The Morgan fingerprint density at radius 2 is 2.19 bits per heavy atom. The minimum absolute atomic E-state index is 0.146. The van der Waals surface area contributed by atoms with Crippen molar-refractivity contribution in [1.29, 1.82) is 0 Å². The van der Waals surface area contributed by atoms with Crippen LogP contribution in [-0.2, 0) is 0 Å². The van der Waals surface area contributed by atoms with Crippen molar-refractivity contribution in [1.82, 2.24) is 10.2 Å². The van der Waals surface area contributed by atoms with Gasteiger partial charge in [0.25, 0.3) is 0 Å². The number of carbonyl (C=O) groups excluding carboxylic acids is 1. The van der Waals surface area contributed by atoms with Crippen LogP contribution in [0.5, 0.6) is 0 Å². The molecule has 2 aromatic rings. The molecule has 21 heavy (non-hydrogen) atoms. The number of carbonyl (C=O) groups is 1. The highest BCUT2D eigenvalue weighted by atomic mass is 32.2. The van der Waals surface area contributed by atoms with E-state index in [2.05, 4.69) is 15.5 Å². The summed E-state index contributed by atoms with van der Waals surface area (Å²) in [6, 6.07) is 6.56. The summed E-state index contributed by atoms with van der Waals surface area (Å²) in [6.45, 7) is 3.98. The molecule has 0 amide bonds. The lowest BCUT2D eigenvalue weighted by molar-refractivity contribution is 0.102. The van der Waals surface area contributed by atoms with Crippen LogP contribution in [0.3, 0.4) is 0 Å². The molecule has 3 rings (SSSR count). The molecular formula is C15H17N3OS2. The van der Waals surface area contributed by atoms with Crippen LogP contribution in [-0.4, -0.2) is 27.8 Å². The number of hydrogen-bond acceptors (Lipinski definition) is 6. The number of aryl methyl sites for hydroxylation is 2. The molecule has 0 aliphatic heterocycles. The van der Waals surface area contributed by atoms with Gasteiger partial charge in [-0.25, -0.2) is 0 Å². The number of nitrogens with one attached hydrogen (secondary N) is 1. The lowest BCUT2D eigenvalue weighted by atomic mass is 10.0. The van der Waals surface area contributed by atoms with E-state index in [-0.39, 0.29) is 5.78 Å². The molecule has 1 heterocycles. The lowest BCUT2D eigenvalue weighted by Crippen LogP contribution is -2.05. The van der Waals surface area contributed by atoms with Gasteiger partial charge in [-0.05, 0) is 38.3 Å². The van der Waals surface area contributed by atoms with Gasteiger partial charge in [-0.2, -0.15) is 0 Å². The molecule has 4 nitrogen and oxygen atoms in total. The predicted octanol–water partition coefficient (Wildman–Crippen LogP) is 3.70. The van der Waals surface area contributed by atoms with Crippen LogP contribution in [0.2, 0.25) is 0 Å². The first kappa shape index (κ1) is 14.5. The predicted molar refractivity (Wildman–Crippen MR) is 87.5 cm³/mol. The molecule has 1 aromatic carbocycles.